The molecule has 1 amide bonds. The molecule has 0 spiro atoms. The van der Waals surface area contributed by atoms with Gasteiger partial charge in [0.25, 0.3) is 0 Å². The van der Waals surface area contributed by atoms with E-state index in [0.29, 0.717) is 6.42 Å². The molecular formula is C19H24N2O4. The number of fused-ring (bicyclic) bond motifs is 2. The van der Waals surface area contributed by atoms with Crippen molar-refractivity contribution in [3.8, 4) is 0 Å². The summed E-state index contributed by atoms with van der Waals surface area (Å²) in [5.41, 5.74) is -0.200. The summed E-state index contributed by atoms with van der Waals surface area (Å²) < 4.78 is 5.54. The minimum absolute atomic E-state index is 0.00604. The van der Waals surface area contributed by atoms with E-state index in [0.717, 1.165) is 44.5 Å². The summed E-state index contributed by atoms with van der Waals surface area (Å²) in [7, 11) is 0. The number of carbonyl (C=O) groups is 2. The average molecular weight is 344 g/mol. The lowest BCUT2D eigenvalue weighted by Gasteiger charge is -2.46. The summed E-state index contributed by atoms with van der Waals surface area (Å²) in [4.78, 5) is 29.1. The third-order valence-corrected chi connectivity index (χ3v) is 5.87. The molecule has 2 aliphatic heterocycles. The Labute approximate surface area is 147 Å². The zero-order valence-corrected chi connectivity index (χ0v) is 14.3. The molecule has 3 aliphatic rings. The lowest BCUT2D eigenvalue weighted by Crippen LogP contribution is -2.65. The number of hydrogen-bond acceptors (Lipinski definition) is 4. The van der Waals surface area contributed by atoms with E-state index < -0.39 is 17.6 Å². The fourth-order valence-electron chi connectivity index (χ4n) is 4.42. The van der Waals surface area contributed by atoms with Crippen LogP contribution >= 0.6 is 0 Å². The second-order valence-electron chi connectivity index (χ2n) is 7.41. The number of ether oxygens (including phenoxy) is 1. The van der Waals surface area contributed by atoms with Crippen molar-refractivity contribution in [3.63, 3.8) is 0 Å². The molecule has 2 heterocycles. The van der Waals surface area contributed by atoms with E-state index in [9.17, 15) is 14.7 Å². The third-order valence-electron chi connectivity index (χ3n) is 5.87. The van der Waals surface area contributed by atoms with Gasteiger partial charge in [-0.15, -0.1) is 0 Å². The van der Waals surface area contributed by atoms with Crippen molar-refractivity contribution in [1.29, 1.82) is 0 Å². The van der Waals surface area contributed by atoms with Gasteiger partial charge in [-0.05, 0) is 37.8 Å². The minimum atomic E-state index is -1.11. The first-order valence-corrected chi connectivity index (χ1v) is 9.07. The van der Waals surface area contributed by atoms with Gasteiger partial charge in [0.15, 0.2) is 0 Å². The van der Waals surface area contributed by atoms with Gasteiger partial charge in [-0.1, -0.05) is 30.3 Å². The number of aliphatic carboxylic acids is 1. The molecule has 6 heteroatoms. The second kappa shape index (κ2) is 6.33. The van der Waals surface area contributed by atoms with Crippen LogP contribution in [-0.4, -0.2) is 58.2 Å². The van der Waals surface area contributed by atoms with E-state index in [-0.39, 0.29) is 18.6 Å². The highest BCUT2D eigenvalue weighted by Crippen LogP contribution is 2.45. The first kappa shape index (κ1) is 16.4. The van der Waals surface area contributed by atoms with E-state index in [1.807, 2.05) is 30.3 Å². The Morgan fingerprint density at radius 1 is 1.20 bits per heavy atom. The number of hydrogen-bond donors (Lipinski definition) is 1. The van der Waals surface area contributed by atoms with Crippen LogP contribution in [0.15, 0.2) is 30.3 Å². The van der Waals surface area contributed by atoms with Gasteiger partial charge in [-0.25, -0.2) is 9.59 Å². The fraction of sp³-hybridized carbons (Fsp3) is 0.579. The van der Waals surface area contributed by atoms with Gasteiger partial charge >= 0.3 is 12.1 Å². The molecule has 0 radical (unpaired) electrons. The number of carboxylic acid groups (broad SMARTS) is 1. The highest BCUT2D eigenvalue weighted by atomic mass is 16.6. The maximum absolute atomic E-state index is 12.9. The molecule has 3 atom stereocenters. The Morgan fingerprint density at radius 2 is 1.96 bits per heavy atom. The maximum atomic E-state index is 12.9. The van der Waals surface area contributed by atoms with E-state index in [1.54, 1.807) is 4.90 Å². The van der Waals surface area contributed by atoms with E-state index in [4.69, 9.17) is 4.74 Å². The molecule has 0 aromatic heterocycles. The molecule has 1 aromatic rings. The van der Waals surface area contributed by atoms with Crippen molar-refractivity contribution in [3.05, 3.63) is 35.9 Å². The van der Waals surface area contributed by atoms with Crippen LogP contribution in [0.25, 0.3) is 0 Å². The van der Waals surface area contributed by atoms with Crippen LogP contribution in [0.5, 0.6) is 0 Å². The summed E-state index contributed by atoms with van der Waals surface area (Å²) in [6.07, 6.45) is 2.58. The molecule has 3 unspecified atom stereocenters. The Kier molecular flexibility index (Phi) is 4.15. The van der Waals surface area contributed by atoms with Crippen LogP contribution in [-0.2, 0) is 16.1 Å². The Balaban J connectivity index is 1.56. The van der Waals surface area contributed by atoms with Gasteiger partial charge in [0, 0.05) is 25.0 Å². The summed E-state index contributed by atoms with van der Waals surface area (Å²) in [5, 5.41) is 10.1. The zero-order valence-electron chi connectivity index (χ0n) is 14.3. The molecule has 25 heavy (non-hydrogen) atoms. The van der Waals surface area contributed by atoms with E-state index in [1.165, 1.54) is 0 Å². The lowest BCUT2D eigenvalue weighted by atomic mass is 9.77. The van der Waals surface area contributed by atoms with Gasteiger partial charge in [-0.3, -0.25) is 4.90 Å². The molecule has 134 valence electrons. The number of benzene rings is 1. The molecule has 4 rings (SSSR count). The molecule has 3 fully saturated rings. The number of piperidine rings is 1. The van der Waals surface area contributed by atoms with Gasteiger partial charge in [0.1, 0.15) is 12.1 Å². The molecule has 2 saturated heterocycles. The highest BCUT2D eigenvalue weighted by Gasteiger charge is 2.60. The van der Waals surface area contributed by atoms with Crippen molar-refractivity contribution < 1.29 is 19.4 Å². The van der Waals surface area contributed by atoms with Crippen LogP contribution in [0.1, 0.15) is 31.2 Å². The number of rotatable bonds is 5. The van der Waals surface area contributed by atoms with Gasteiger partial charge in [-0.2, -0.15) is 0 Å². The second-order valence-corrected chi connectivity index (χ2v) is 7.41. The summed E-state index contributed by atoms with van der Waals surface area (Å²) in [5.74, 6) is -0.883. The van der Waals surface area contributed by atoms with Crippen LogP contribution < -0.4 is 0 Å². The average Bonchev–Trinajstić information content (AvgIpc) is 3.37. The van der Waals surface area contributed by atoms with Gasteiger partial charge in [0.05, 0.1) is 0 Å². The molecule has 1 aliphatic carbocycles. The number of nitrogens with zero attached hydrogens (tertiary/aromatic N) is 2. The predicted octanol–water partition coefficient (Wildman–Crippen LogP) is 2.34. The fourth-order valence-corrected chi connectivity index (χ4v) is 4.42. The van der Waals surface area contributed by atoms with Gasteiger partial charge in [0.2, 0.25) is 0 Å². The molecule has 2 bridgehead atoms. The van der Waals surface area contributed by atoms with Crippen molar-refractivity contribution in [1.82, 2.24) is 9.80 Å². The van der Waals surface area contributed by atoms with E-state index >= 15 is 0 Å². The third kappa shape index (κ3) is 2.88. The van der Waals surface area contributed by atoms with Crippen molar-refractivity contribution in [2.24, 2.45) is 5.92 Å². The zero-order chi connectivity index (χ0) is 17.4. The van der Waals surface area contributed by atoms with Crippen LogP contribution in [0.2, 0.25) is 0 Å². The lowest BCUT2D eigenvalue weighted by molar-refractivity contribution is -0.157. The van der Waals surface area contributed by atoms with Crippen molar-refractivity contribution in [2.75, 3.05) is 19.6 Å². The van der Waals surface area contributed by atoms with Crippen LogP contribution in [0.4, 0.5) is 4.79 Å². The molecular weight excluding hydrogens is 320 g/mol. The SMILES string of the molecule is O=C(OCc1ccccc1)N(C1CC1)C1(C(=O)O)CCN2CCC1C2. The monoisotopic (exact) mass is 344 g/mol. The number of carboxylic acids is 1. The molecule has 1 N–H and O–H groups in total. The van der Waals surface area contributed by atoms with Crippen LogP contribution in [0, 0.1) is 5.92 Å². The quantitative estimate of drug-likeness (QED) is 0.888. The Hall–Kier alpha value is -2.08. The van der Waals surface area contributed by atoms with Crippen LogP contribution in [0.3, 0.4) is 0 Å². The Bertz CT molecular complexity index is 661. The largest absolute Gasteiger partial charge is 0.479 e. The standard InChI is InChI=1S/C19H24N2O4/c22-17(23)19(9-11-20-10-8-15(19)12-20)21(16-6-7-16)18(24)25-13-14-4-2-1-3-5-14/h1-5,15-16H,6-13H2,(H,22,23). The first-order chi connectivity index (χ1) is 12.1. The highest BCUT2D eigenvalue weighted by molar-refractivity contribution is 5.85. The first-order valence-electron chi connectivity index (χ1n) is 9.07. The Morgan fingerprint density at radius 3 is 2.64 bits per heavy atom. The topological polar surface area (TPSA) is 70.1 Å². The summed E-state index contributed by atoms with van der Waals surface area (Å²) >= 11 is 0. The summed E-state index contributed by atoms with van der Waals surface area (Å²) in [6.45, 7) is 2.60. The number of carbonyl (C=O) groups excluding carboxylic acids is 1. The van der Waals surface area contributed by atoms with Gasteiger partial charge < -0.3 is 14.7 Å². The van der Waals surface area contributed by atoms with E-state index in [2.05, 4.69) is 4.90 Å². The van der Waals surface area contributed by atoms with Crippen molar-refractivity contribution >= 4 is 12.1 Å². The molecule has 1 saturated carbocycles. The molecule has 6 nitrogen and oxygen atoms in total. The summed E-state index contributed by atoms with van der Waals surface area (Å²) in [6, 6.07) is 9.51. The normalized spacial score (nSPS) is 30.7. The minimum Gasteiger partial charge on any atom is -0.479 e. The molecule has 1 aromatic carbocycles. The maximum Gasteiger partial charge on any atom is 0.411 e. The predicted molar refractivity (Wildman–Crippen MR) is 91.0 cm³/mol. The van der Waals surface area contributed by atoms with Crippen molar-refractivity contribution in [2.45, 2.75) is 43.9 Å². The number of amides is 1. The smallest absolute Gasteiger partial charge is 0.411 e.